The van der Waals surface area contributed by atoms with E-state index < -0.39 is 6.10 Å². The number of allylic oxidation sites excluding steroid dienone is 7. The summed E-state index contributed by atoms with van der Waals surface area (Å²) in [6.07, 6.45) is 10.7. The zero-order valence-electron chi connectivity index (χ0n) is 18.7. The maximum Gasteiger partial charge on any atom is 0.204 e. The number of carbonyl (C=O) groups is 2. The van der Waals surface area contributed by atoms with Crippen LogP contribution in [0, 0.1) is 11.8 Å². The fraction of sp³-hybridized carbons (Fsp3) is 0.583. The van der Waals surface area contributed by atoms with Crippen molar-refractivity contribution in [2.45, 2.75) is 65.9 Å². The summed E-state index contributed by atoms with van der Waals surface area (Å²) in [6, 6.07) is 0. The fourth-order valence-corrected chi connectivity index (χ4v) is 3.54. The van der Waals surface area contributed by atoms with Crippen molar-refractivity contribution < 1.29 is 24.2 Å². The van der Waals surface area contributed by atoms with E-state index >= 15 is 0 Å². The standard InChI is InChI=1S/C24H36O5/c1-16(10-8-12-18(3)15-25)9-7-11-17(2)13-14-20-19(4)21(26)23(28-5)24(29-6)22(20)27/h9,12-13,15,19-20,22,27H,7-8,10-11,14H2,1-6H3/b16-9+,17-13+,18-12+. The molecule has 0 bridgehead atoms. The van der Waals surface area contributed by atoms with Crippen molar-refractivity contribution in [2.75, 3.05) is 14.2 Å². The summed E-state index contributed by atoms with van der Waals surface area (Å²) in [5, 5.41) is 10.6. The van der Waals surface area contributed by atoms with Gasteiger partial charge in [-0.25, -0.2) is 0 Å². The minimum absolute atomic E-state index is 0.122. The van der Waals surface area contributed by atoms with Gasteiger partial charge in [-0.3, -0.25) is 9.59 Å². The SMILES string of the molecule is COC1=C(OC)C(O)C(C/C=C(\C)CC/C=C(\C)CC/C=C(\C)C=O)C(C)C1=O. The molecular weight excluding hydrogens is 368 g/mol. The number of ketones is 1. The lowest BCUT2D eigenvalue weighted by atomic mass is 9.77. The Kier molecular flexibility index (Phi) is 10.7. The van der Waals surface area contributed by atoms with Gasteiger partial charge in [-0.1, -0.05) is 36.3 Å². The average Bonchev–Trinajstić information content (AvgIpc) is 2.70. The molecule has 0 heterocycles. The van der Waals surface area contributed by atoms with Gasteiger partial charge in [0.15, 0.2) is 5.76 Å². The van der Waals surface area contributed by atoms with Gasteiger partial charge >= 0.3 is 0 Å². The van der Waals surface area contributed by atoms with Crippen molar-refractivity contribution in [3.8, 4) is 0 Å². The molecule has 1 aliphatic rings. The minimum atomic E-state index is -0.850. The molecule has 29 heavy (non-hydrogen) atoms. The monoisotopic (exact) mass is 404 g/mol. The van der Waals surface area contributed by atoms with Gasteiger partial charge in [-0.15, -0.1) is 0 Å². The van der Waals surface area contributed by atoms with Crippen LogP contribution in [0.25, 0.3) is 0 Å². The summed E-state index contributed by atoms with van der Waals surface area (Å²) in [7, 11) is 2.87. The molecule has 5 nitrogen and oxygen atoms in total. The zero-order chi connectivity index (χ0) is 22.0. The number of rotatable bonds is 11. The van der Waals surface area contributed by atoms with E-state index in [4.69, 9.17) is 9.47 Å². The Bertz CT molecular complexity index is 696. The quantitative estimate of drug-likeness (QED) is 0.308. The van der Waals surface area contributed by atoms with Gasteiger partial charge < -0.3 is 14.6 Å². The van der Waals surface area contributed by atoms with Gasteiger partial charge in [-0.05, 0) is 58.4 Å². The summed E-state index contributed by atoms with van der Waals surface area (Å²) in [4.78, 5) is 23.1. The van der Waals surface area contributed by atoms with Crippen LogP contribution in [0.5, 0.6) is 0 Å². The highest BCUT2D eigenvalue weighted by Crippen LogP contribution is 2.35. The van der Waals surface area contributed by atoms with Gasteiger partial charge in [0.05, 0.1) is 14.2 Å². The average molecular weight is 405 g/mol. The zero-order valence-corrected chi connectivity index (χ0v) is 18.7. The van der Waals surface area contributed by atoms with E-state index in [-0.39, 0.29) is 29.1 Å². The van der Waals surface area contributed by atoms with Crippen molar-refractivity contribution in [1.29, 1.82) is 0 Å². The third-order valence-electron chi connectivity index (χ3n) is 5.56. The number of hydrogen-bond acceptors (Lipinski definition) is 5. The molecule has 0 aromatic heterocycles. The van der Waals surface area contributed by atoms with Crippen LogP contribution >= 0.6 is 0 Å². The lowest BCUT2D eigenvalue weighted by molar-refractivity contribution is -0.128. The van der Waals surface area contributed by atoms with E-state index in [1.165, 1.54) is 25.4 Å². The summed E-state index contributed by atoms with van der Waals surface area (Å²) < 4.78 is 10.4. The lowest BCUT2D eigenvalue weighted by Crippen LogP contribution is -2.40. The predicted octanol–water partition coefficient (Wildman–Crippen LogP) is 4.68. The van der Waals surface area contributed by atoms with Crippen LogP contribution in [0.1, 0.15) is 59.8 Å². The maximum atomic E-state index is 12.5. The first-order chi connectivity index (χ1) is 13.8. The Hall–Kier alpha value is -2.14. The Labute approximate surface area is 175 Å². The molecule has 1 aliphatic carbocycles. The van der Waals surface area contributed by atoms with E-state index in [9.17, 15) is 14.7 Å². The maximum absolute atomic E-state index is 12.5. The normalized spacial score (nSPS) is 24.0. The highest BCUT2D eigenvalue weighted by atomic mass is 16.5. The first-order valence-electron chi connectivity index (χ1n) is 10.2. The van der Waals surface area contributed by atoms with E-state index in [2.05, 4.69) is 26.0 Å². The smallest absolute Gasteiger partial charge is 0.204 e. The number of aliphatic hydroxyl groups excluding tert-OH is 1. The molecule has 5 heteroatoms. The molecule has 0 fully saturated rings. The Morgan fingerprint density at radius 1 is 1.00 bits per heavy atom. The van der Waals surface area contributed by atoms with Crippen molar-refractivity contribution in [3.63, 3.8) is 0 Å². The number of hydrogen-bond donors (Lipinski definition) is 1. The van der Waals surface area contributed by atoms with E-state index in [0.29, 0.717) is 6.42 Å². The molecule has 1 rings (SSSR count). The summed E-state index contributed by atoms with van der Waals surface area (Å²) in [6.45, 7) is 7.84. The van der Waals surface area contributed by atoms with Gasteiger partial charge in [0.25, 0.3) is 0 Å². The minimum Gasteiger partial charge on any atom is -0.494 e. The highest BCUT2D eigenvalue weighted by molar-refractivity contribution is 5.97. The second-order valence-electron chi connectivity index (χ2n) is 7.84. The summed E-state index contributed by atoms with van der Waals surface area (Å²) in [5.41, 5.74) is 3.33. The fourth-order valence-electron chi connectivity index (χ4n) is 3.54. The van der Waals surface area contributed by atoms with Crippen LogP contribution in [0.3, 0.4) is 0 Å². The second-order valence-corrected chi connectivity index (χ2v) is 7.84. The van der Waals surface area contributed by atoms with Crippen molar-refractivity contribution in [3.05, 3.63) is 46.5 Å². The first kappa shape index (κ1) is 24.9. The van der Waals surface area contributed by atoms with Crippen LogP contribution < -0.4 is 0 Å². The third-order valence-corrected chi connectivity index (χ3v) is 5.56. The molecule has 1 N–H and O–H groups in total. The third kappa shape index (κ3) is 7.32. The number of carbonyl (C=O) groups excluding carboxylic acids is 2. The van der Waals surface area contributed by atoms with E-state index in [1.807, 2.05) is 19.9 Å². The van der Waals surface area contributed by atoms with Crippen LogP contribution in [-0.4, -0.2) is 37.5 Å². The van der Waals surface area contributed by atoms with Crippen LogP contribution in [0.15, 0.2) is 46.5 Å². The molecular formula is C24H36O5. The largest absolute Gasteiger partial charge is 0.494 e. The number of aliphatic hydroxyl groups is 1. The molecule has 0 amide bonds. The molecule has 3 unspecified atom stereocenters. The van der Waals surface area contributed by atoms with Gasteiger partial charge in [0, 0.05) is 11.8 Å². The summed E-state index contributed by atoms with van der Waals surface area (Å²) in [5.74, 6) is -0.320. The first-order valence-corrected chi connectivity index (χ1v) is 10.2. The molecule has 0 saturated heterocycles. The highest BCUT2D eigenvalue weighted by Gasteiger charge is 2.42. The number of methoxy groups -OCH3 is 2. The topological polar surface area (TPSA) is 72.8 Å². The Morgan fingerprint density at radius 2 is 1.59 bits per heavy atom. The number of Topliss-reactive ketones (excluding diaryl/α,β-unsaturated/α-hetero) is 1. The van der Waals surface area contributed by atoms with Crippen molar-refractivity contribution in [2.24, 2.45) is 11.8 Å². The van der Waals surface area contributed by atoms with Crippen molar-refractivity contribution >= 4 is 12.1 Å². The van der Waals surface area contributed by atoms with Gasteiger partial charge in [-0.2, -0.15) is 0 Å². The van der Waals surface area contributed by atoms with Crippen LogP contribution in [-0.2, 0) is 19.1 Å². The molecule has 0 aromatic carbocycles. The van der Waals surface area contributed by atoms with Gasteiger partial charge in [0.1, 0.15) is 12.4 Å². The predicted molar refractivity (Wildman–Crippen MR) is 115 cm³/mol. The van der Waals surface area contributed by atoms with E-state index in [0.717, 1.165) is 37.5 Å². The van der Waals surface area contributed by atoms with Crippen molar-refractivity contribution in [1.82, 2.24) is 0 Å². The number of ether oxygens (including phenoxy) is 2. The summed E-state index contributed by atoms with van der Waals surface area (Å²) >= 11 is 0. The molecule has 0 aliphatic heterocycles. The second kappa shape index (κ2) is 12.4. The Morgan fingerprint density at radius 3 is 2.14 bits per heavy atom. The Balaban J connectivity index is 2.62. The molecule has 0 radical (unpaired) electrons. The molecule has 0 spiro atoms. The van der Waals surface area contributed by atoms with E-state index in [1.54, 1.807) is 0 Å². The van der Waals surface area contributed by atoms with Crippen LogP contribution in [0.2, 0.25) is 0 Å². The molecule has 3 atom stereocenters. The molecule has 0 saturated carbocycles. The van der Waals surface area contributed by atoms with Gasteiger partial charge in [0.2, 0.25) is 11.5 Å². The van der Waals surface area contributed by atoms with Crippen LogP contribution in [0.4, 0.5) is 0 Å². The molecule has 0 aromatic rings. The molecule has 162 valence electrons. The number of aldehydes is 1. The lowest BCUT2D eigenvalue weighted by Gasteiger charge is -2.33.